The van der Waals surface area contributed by atoms with Crippen LogP contribution in [0.5, 0.6) is 0 Å². The van der Waals surface area contributed by atoms with Crippen molar-refractivity contribution in [2.24, 2.45) is 0 Å². The lowest BCUT2D eigenvalue weighted by molar-refractivity contribution is -0.137. The van der Waals surface area contributed by atoms with Crippen LogP contribution in [0.15, 0.2) is 21.6 Å². The molecule has 0 aliphatic carbocycles. The summed E-state index contributed by atoms with van der Waals surface area (Å²) in [7, 11) is 0.485. The number of sulfonamides is 1. The van der Waals surface area contributed by atoms with E-state index in [1.807, 2.05) is 0 Å². The predicted octanol–water partition coefficient (Wildman–Crippen LogP) is 0.467. The maximum Gasteiger partial charge on any atom is 0.303 e. The van der Waals surface area contributed by atoms with Crippen molar-refractivity contribution < 1.29 is 27.5 Å². The van der Waals surface area contributed by atoms with Crippen LogP contribution in [-0.4, -0.2) is 62.3 Å². The minimum atomic E-state index is -3.73. The topological polar surface area (TPSA) is 108 Å². The monoisotopic (exact) mass is 318 g/mol. The summed E-state index contributed by atoms with van der Waals surface area (Å²) in [4.78, 5) is 23.7. The Morgan fingerprint density at radius 3 is 2.38 bits per heavy atom. The van der Waals surface area contributed by atoms with Crippen LogP contribution in [0.4, 0.5) is 0 Å². The standard InChI is InChI=1S/C12H18N2O6S/c1-13(2)21(18,19)11-7-6-9(20-11)12(17)14(3)8-4-5-10(15)16/h6-7H,4-5,8H2,1-3H3,(H,15,16). The molecule has 0 fully saturated rings. The van der Waals surface area contributed by atoms with Gasteiger partial charge >= 0.3 is 5.97 Å². The zero-order chi connectivity index (χ0) is 16.2. The largest absolute Gasteiger partial charge is 0.481 e. The van der Waals surface area contributed by atoms with E-state index in [-0.39, 0.29) is 23.8 Å². The van der Waals surface area contributed by atoms with Crippen LogP contribution < -0.4 is 0 Å². The number of aliphatic carboxylic acids is 1. The van der Waals surface area contributed by atoms with Gasteiger partial charge in [-0.15, -0.1) is 0 Å². The molecule has 0 aliphatic rings. The number of carbonyl (C=O) groups is 2. The van der Waals surface area contributed by atoms with E-state index in [4.69, 9.17) is 9.52 Å². The highest BCUT2D eigenvalue weighted by molar-refractivity contribution is 7.88. The smallest absolute Gasteiger partial charge is 0.303 e. The average molecular weight is 318 g/mol. The minimum Gasteiger partial charge on any atom is -0.481 e. The molecule has 0 spiro atoms. The molecule has 0 bridgehead atoms. The summed E-state index contributed by atoms with van der Waals surface area (Å²) in [6.45, 7) is 0.238. The fourth-order valence-corrected chi connectivity index (χ4v) is 2.31. The van der Waals surface area contributed by atoms with Gasteiger partial charge in [-0.2, -0.15) is 0 Å². The highest BCUT2D eigenvalue weighted by Gasteiger charge is 2.24. The van der Waals surface area contributed by atoms with Crippen LogP contribution >= 0.6 is 0 Å². The Morgan fingerprint density at radius 1 is 1.24 bits per heavy atom. The first-order valence-electron chi connectivity index (χ1n) is 6.16. The Morgan fingerprint density at radius 2 is 1.86 bits per heavy atom. The number of rotatable bonds is 7. The molecule has 8 nitrogen and oxygen atoms in total. The van der Waals surface area contributed by atoms with Crippen molar-refractivity contribution in [2.75, 3.05) is 27.7 Å². The summed E-state index contributed by atoms with van der Waals surface area (Å²) in [6, 6.07) is 2.50. The number of carboxylic acids is 1. The van der Waals surface area contributed by atoms with Gasteiger partial charge in [-0.3, -0.25) is 9.59 Å². The molecule has 21 heavy (non-hydrogen) atoms. The Bertz CT molecular complexity index is 619. The molecule has 0 saturated heterocycles. The molecule has 0 unspecified atom stereocenters. The van der Waals surface area contributed by atoms with Gasteiger partial charge in [0.25, 0.3) is 15.9 Å². The fourth-order valence-electron chi connectivity index (χ4n) is 1.51. The van der Waals surface area contributed by atoms with Crippen molar-refractivity contribution in [1.29, 1.82) is 0 Å². The molecule has 0 atom stereocenters. The molecule has 1 aromatic rings. The Labute approximate surface area is 123 Å². The van der Waals surface area contributed by atoms with Gasteiger partial charge in [-0.25, -0.2) is 12.7 Å². The van der Waals surface area contributed by atoms with Crippen molar-refractivity contribution in [1.82, 2.24) is 9.21 Å². The lowest BCUT2D eigenvalue weighted by Crippen LogP contribution is -2.27. The molecule has 1 N–H and O–H groups in total. The van der Waals surface area contributed by atoms with Crippen molar-refractivity contribution >= 4 is 21.9 Å². The third-order valence-corrected chi connectivity index (χ3v) is 4.45. The van der Waals surface area contributed by atoms with Crippen LogP contribution in [0.2, 0.25) is 0 Å². The molecule has 1 aromatic heterocycles. The Kier molecular flexibility index (Phi) is 5.50. The normalized spacial score (nSPS) is 11.6. The highest BCUT2D eigenvalue weighted by atomic mass is 32.2. The van der Waals surface area contributed by atoms with Gasteiger partial charge in [0.2, 0.25) is 5.09 Å². The maximum atomic E-state index is 12.0. The number of carboxylic acid groups (broad SMARTS) is 1. The number of amides is 1. The number of hydrogen-bond acceptors (Lipinski definition) is 5. The van der Waals surface area contributed by atoms with Gasteiger partial charge in [0.1, 0.15) is 0 Å². The van der Waals surface area contributed by atoms with Crippen LogP contribution in [0.25, 0.3) is 0 Å². The SMILES string of the molecule is CN(CCCC(=O)O)C(=O)c1ccc(S(=O)(=O)N(C)C)o1. The molecule has 1 rings (SSSR count). The van der Waals surface area contributed by atoms with Crippen LogP contribution in [0.1, 0.15) is 23.4 Å². The Hall–Kier alpha value is -1.87. The van der Waals surface area contributed by atoms with Gasteiger partial charge in [-0.05, 0) is 18.6 Å². The van der Waals surface area contributed by atoms with Crippen molar-refractivity contribution in [3.8, 4) is 0 Å². The summed E-state index contributed by atoms with van der Waals surface area (Å²) in [5.41, 5.74) is 0. The number of furan rings is 1. The number of hydrogen-bond donors (Lipinski definition) is 1. The second kappa shape index (κ2) is 6.72. The quantitative estimate of drug-likeness (QED) is 0.782. The average Bonchev–Trinajstić information content (AvgIpc) is 2.87. The zero-order valence-corrected chi connectivity index (χ0v) is 12.9. The van der Waals surface area contributed by atoms with E-state index in [9.17, 15) is 18.0 Å². The molecule has 0 radical (unpaired) electrons. The van der Waals surface area contributed by atoms with E-state index < -0.39 is 21.9 Å². The van der Waals surface area contributed by atoms with E-state index >= 15 is 0 Å². The minimum absolute atomic E-state index is 0.0456. The van der Waals surface area contributed by atoms with E-state index in [0.29, 0.717) is 6.42 Å². The van der Waals surface area contributed by atoms with Gasteiger partial charge < -0.3 is 14.4 Å². The van der Waals surface area contributed by atoms with Crippen molar-refractivity contribution in [2.45, 2.75) is 17.9 Å². The maximum absolute atomic E-state index is 12.0. The van der Waals surface area contributed by atoms with Crippen LogP contribution in [-0.2, 0) is 14.8 Å². The third kappa shape index (κ3) is 4.30. The molecule has 1 amide bonds. The number of nitrogens with zero attached hydrogens (tertiary/aromatic N) is 2. The highest BCUT2D eigenvalue weighted by Crippen LogP contribution is 2.18. The lowest BCUT2D eigenvalue weighted by Gasteiger charge is -2.14. The second-order valence-electron chi connectivity index (χ2n) is 4.63. The van der Waals surface area contributed by atoms with Crippen molar-refractivity contribution in [3.05, 3.63) is 17.9 Å². The van der Waals surface area contributed by atoms with Crippen molar-refractivity contribution in [3.63, 3.8) is 0 Å². The van der Waals surface area contributed by atoms with Gasteiger partial charge in [0.15, 0.2) is 5.76 Å². The van der Waals surface area contributed by atoms with E-state index in [1.165, 1.54) is 38.2 Å². The molecule has 0 aromatic carbocycles. The molecule has 1 heterocycles. The lowest BCUT2D eigenvalue weighted by atomic mass is 10.3. The van der Waals surface area contributed by atoms with Crippen LogP contribution in [0.3, 0.4) is 0 Å². The first kappa shape index (κ1) is 17.2. The van der Waals surface area contributed by atoms with Crippen LogP contribution in [0, 0.1) is 0 Å². The number of carbonyl (C=O) groups excluding carboxylic acids is 1. The molecule has 0 aliphatic heterocycles. The predicted molar refractivity (Wildman–Crippen MR) is 73.4 cm³/mol. The first-order valence-corrected chi connectivity index (χ1v) is 7.60. The molecule has 0 saturated carbocycles. The third-order valence-electron chi connectivity index (χ3n) is 2.76. The zero-order valence-electron chi connectivity index (χ0n) is 12.1. The van der Waals surface area contributed by atoms with E-state index in [0.717, 1.165) is 4.31 Å². The summed E-state index contributed by atoms with van der Waals surface area (Å²) in [5, 5.41) is 8.22. The summed E-state index contributed by atoms with van der Waals surface area (Å²) in [5.74, 6) is -1.54. The molecular formula is C12H18N2O6S. The van der Waals surface area contributed by atoms with Gasteiger partial charge in [0, 0.05) is 34.1 Å². The molecule has 118 valence electrons. The summed E-state index contributed by atoms with van der Waals surface area (Å²) >= 11 is 0. The first-order chi connectivity index (χ1) is 9.66. The van der Waals surface area contributed by atoms with Gasteiger partial charge in [0.05, 0.1) is 0 Å². The van der Waals surface area contributed by atoms with E-state index in [1.54, 1.807) is 0 Å². The van der Waals surface area contributed by atoms with E-state index in [2.05, 4.69) is 0 Å². The second-order valence-corrected chi connectivity index (χ2v) is 6.71. The fraction of sp³-hybridized carbons (Fsp3) is 0.500. The molecule has 9 heteroatoms. The van der Waals surface area contributed by atoms with Gasteiger partial charge in [-0.1, -0.05) is 0 Å². The molecular weight excluding hydrogens is 300 g/mol. The summed E-state index contributed by atoms with van der Waals surface area (Å²) < 4.78 is 29.7. The summed E-state index contributed by atoms with van der Waals surface area (Å²) in [6.07, 6.45) is 0.261. The Balaban J connectivity index is 2.76.